The minimum Gasteiger partial charge on any atom is -0.490 e. The molecule has 0 heterocycles. The van der Waals surface area contributed by atoms with E-state index < -0.39 is 0 Å². The molecule has 15 heavy (non-hydrogen) atoms. The van der Waals surface area contributed by atoms with Gasteiger partial charge in [-0.25, -0.2) is 0 Å². The van der Waals surface area contributed by atoms with Crippen LogP contribution in [0.4, 0.5) is 0 Å². The molecule has 0 aliphatic heterocycles. The summed E-state index contributed by atoms with van der Waals surface area (Å²) >= 11 is 5.99. The third kappa shape index (κ3) is 3.73. The quantitative estimate of drug-likeness (QED) is 0.858. The Morgan fingerprint density at radius 1 is 1.40 bits per heavy atom. The molecule has 1 unspecified atom stereocenters. The summed E-state index contributed by atoms with van der Waals surface area (Å²) in [6.45, 7) is 6.66. The Hall–Kier alpha value is -0.730. The van der Waals surface area contributed by atoms with Gasteiger partial charge in [0.25, 0.3) is 0 Å². The summed E-state index contributed by atoms with van der Waals surface area (Å²) in [5, 5.41) is 0.636. The van der Waals surface area contributed by atoms with E-state index in [4.69, 9.17) is 22.1 Å². The van der Waals surface area contributed by atoms with Crippen LogP contribution in [0.5, 0.6) is 5.75 Å². The zero-order chi connectivity index (χ0) is 11.4. The van der Waals surface area contributed by atoms with Gasteiger partial charge in [-0.15, -0.1) is 0 Å². The minimum absolute atomic E-state index is 0.0431. The molecule has 0 spiro atoms. The van der Waals surface area contributed by atoms with Crippen molar-refractivity contribution in [3.63, 3.8) is 0 Å². The predicted molar refractivity (Wildman–Crippen MR) is 64.5 cm³/mol. The molecule has 0 aromatic heterocycles. The van der Waals surface area contributed by atoms with Crippen LogP contribution >= 0.6 is 11.6 Å². The van der Waals surface area contributed by atoms with Crippen LogP contribution in [0, 0.1) is 12.8 Å². The average molecular weight is 228 g/mol. The van der Waals surface area contributed by atoms with Crippen molar-refractivity contribution in [1.29, 1.82) is 0 Å². The summed E-state index contributed by atoms with van der Waals surface area (Å²) in [5.74, 6) is 1.13. The van der Waals surface area contributed by atoms with Crippen LogP contribution in [0.3, 0.4) is 0 Å². The van der Waals surface area contributed by atoms with Crippen molar-refractivity contribution in [2.45, 2.75) is 26.8 Å². The number of halogens is 1. The maximum atomic E-state index is 5.99. The maximum Gasteiger partial charge on any atom is 0.138 e. The molecular formula is C12H18ClNO. The number of ether oxygens (including phenoxy) is 1. The molecule has 0 saturated carbocycles. The van der Waals surface area contributed by atoms with E-state index in [9.17, 15) is 0 Å². The largest absolute Gasteiger partial charge is 0.490 e. The Morgan fingerprint density at radius 2 is 2.07 bits per heavy atom. The summed E-state index contributed by atoms with van der Waals surface area (Å²) in [7, 11) is 0. The molecule has 0 fully saturated rings. The Balaban J connectivity index is 2.61. The number of hydrogen-bond acceptors (Lipinski definition) is 2. The Morgan fingerprint density at radius 3 is 2.67 bits per heavy atom. The van der Waals surface area contributed by atoms with E-state index in [1.807, 2.05) is 25.1 Å². The summed E-state index contributed by atoms with van der Waals surface area (Å²) in [6, 6.07) is 5.77. The lowest BCUT2D eigenvalue weighted by molar-refractivity contribution is 0.259. The second-order valence-electron chi connectivity index (χ2n) is 4.15. The van der Waals surface area contributed by atoms with E-state index in [-0.39, 0.29) is 6.04 Å². The zero-order valence-electron chi connectivity index (χ0n) is 9.46. The number of hydrogen-bond donors (Lipinski definition) is 1. The highest BCUT2D eigenvalue weighted by molar-refractivity contribution is 6.32. The van der Waals surface area contributed by atoms with Gasteiger partial charge in [0, 0.05) is 6.04 Å². The summed E-state index contributed by atoms with van der Waals surface area (Å²) in [4.78, 5) is 0. The monoisotopic (exact) mass is 227 g/mol. The first kappa shape index (κ1) is 12.3. The zero-order valence-corrected chi connectivity index (χ0v) is 10.2. The third-order valence-corrected chi connectivity index (χ3v) is 2.69. The lowest BCUT2D eigenvalue weighted by atomic mass is 10.1. The topological polar surface area (TPSA) is 35.2 Å². The van der Waals surface area contributed by atoms with Gasteiger partial charge in [-0.2, -0.15) is 0 Å². The molecular weight excluding hydrogens is 210 g/mol. The van der Waals surface area contributed by atoms with E-state index in [1.54, 1.807) is 0 Å². The second kappa shape index (κ2) is 5.38. The average Bonchev–Trinajstić information content (AvgIpc) is 2.18. The molecule has 2 N–H and O–H groups in total. The summed E-state index contributed by atoms with van der Waals surface area (Å²) < 4.78 is 5.58. The molecule has 0 bridgehead atoms. The number of nitrogens with two attached hydrogens (primary N) is 1. The highest BCUT2D eigenvalue weighted by atomic mass is 35.5. The Kier molecular flexibility index (Phi) is 4.43. The van der Waals surface area contributed by atoms with Crippen molar-refractivity contribution >= 4 is 11.6 Å². The molecule has 0 amide bonds. The summed E-state index contributed by atoms with van der Waals surface area (Å²) in [6.07, 6.45) is 0. The van der Waals surface area contributed by atoms with Crippen molar-refractivity contribution in [2.24, 2.45) is 11.7 Å². The fourth-order valence-electron chi connectivity index (χ4n) is 1.10. The SMILES string of the molecule is Cc1ccc(Cl)c(OCC(N)C(C)C)c1. The summed E-state index contributed by atoms with van der Waals surface area (Å²) in [5.41, 5.74) is 7.02. The Bertz CT molecular complexity index is 325. The molecule has 1 aromatic carbocycles. The molecule has 3 heteroatoms. The van der Waals surface area contributed by atoms with Gasteiger partial charge in [0.15, 0.2) is 0 Å². The van der Waals surface area contributed by atoms with Gasteiger partial charge >= 0.3 is 0 Å². The highest BCUT2D eigenvalue weighted by Gasteiger charge is 2.09. The van der Waals surface area contributed by atoms with Crippen LogP contribution in [0.15, 0.2) is 18.2 Å². The first-order valence-electron chi connectivity index (χ1n) is 5.15. The van der Waals surface area contributed by atoms with Crippen LogP contribution in [-0.2, 0) is 0 Å². The molecule has 0 aliphatic rings. The smallest absolute Gasteiger partial charge is 0.138 e. The fraction of sp³-hybridized carbons (Fsp3) is 0.500. The number of rotatable bonds is 4. The van der Waals surface area contributed by atoms with Crippen LogP contribution in [-0.4, -0.2) is 12.6 Å². The molecule has 1 aromatic rings. The van der Waals surface area contributed by atoms with Gasteiger partial charge in [0.05, 0.1) is 5.02 Å². The lowest BCUT2D eigenvalue weighted by Crippen LogP contribution is -2.33. The van der Waals surface area contributed by atoms with E-state index >= 15 is 0 Å². The Labute approximate surface area is 96.4 Å². The third-order valence-electron chi connectivity index (χ3n) is 2.37. The van der Waals surface area contributed by atoms with Gasteiger partial charge in [0.1, 0.15) is 12.4 Å². The van der Waals surface area contributed by atoms with Crippen LogP contribution < -0.4 is 10.5 Å². The molecule has 0 saturated heterocycles. The van der Waals surface area contributed by atoms with Crippen LogP contribution in [0.1, 0.15) is 19.4 Å². The number of aryl methyl sites for hydroxylation is 1. The standard InChI is InChI=1S/C12H18ClNO/c1-8(2)11(14)7-15-12-6-9(3)4-5-10(12)13/h4-6,8,11H,7,14H2,1-3H3. The van der Waals surface area contributed by atoms with Crippen molar-refractivity contribution in [3.8, 4) is 5.75 Å². The second-order valence-corrected chi connectivity index (χ2v) is 4.56. The van der Waals surface area contributed by atoms with E-state index in [1.165, 1.54) is 0 Å². The molecule has 0 radical (unpaired) electrons. The highest BCUT2D eigenvalue weighted by Crippen LogP contribution is 2.25. The molecule has 1 atom stereocenters. The van der Waals surface area contributed by atoms with Crippen molar-refractivity contribution in [1.82, 2.24) is 0 Å². The normalized spacial score (nSPS) is 12.9. The van der Waals surface area contributed by atoms with Gasteiger partial charge < -0.3 is 10.5 Å². The van der Waals surface area contributed by atoms with Crippen molar-refractivity contribution in [2.75, 3.05) is 6.61 Å². The minimum atomic E-state index is 0.0431. The molecule has 84 valence electrons. The van der Waals surface area contributed by atoms with Crippen molar-refractivity contribution in [3.05, 3.63) is 28.8 Å². The van der Waals surface area contributed by atoms with Gasteiger partial charge in [0.2, 0.25) is 0 Å². The van der Waals surface area contributed by atoms with E-state index in [2.05, 4.69) is 13.8 Å². The maximum absolute atomic E-state index is 5.99. The molecule has 2 nitrogen and oxygen atoms in total. The molecule has 1 rings (SSSR count). The number of benzene rings is 1. The van der Waals surface area contributed by atoms with E-state index in [0.717, 1.165) is 5.56 Å². The van der Waals surface area contributed by atoms with Crippen molar-refractivity contribution < 1.29 is 4.74 Å². The first-order chi connectivity index (χ1) is 7.00. The van der Waals surface area contributed by atoms with Crippen LogP contribution in [0.2, 0.25) is 5.02 Å². The van der Waals surface area contributed by atoms with Gasteiger partial charge in [-0.1, -0.05) is 31.5 Å². The van der Waals surface area contributed by atoms with E-state index in [0.29, 0.717) is 23.3 Å². The van der Waals surface area contributed by atoms with Crippen LogP contribution in [0.25, 0.3) is 0 Å². The first-order valence-corrected chi connectivity index (χ1v) is 5.53. The predicted octanol–water partition coefficient (Wildman–Crippen LogP) is 3.01. The molecule has 0 aliphatic carbocycles. The lowest BCUT2D eigenvalue weighted by Gasteiger charge is -2.17. The van der Waals surface area contributed by atoms with Gasteiger partial charge in [-0.05, 0) is 30.5 Å². The van der Waals surface area contributed by atoms with Gasteiger partial charge in [-0.3, -0.25) is 0 Å². The fourth-order valence-corrected chi connectivity index (χ4v) is 1.27.